The first kappa shape index (κ1) is 15.9. The number of amides is 1. The van der Waals surface area contributed by atoms with Gasteiger partial charge in [0.05, 0.1) is 11.3 Å². The van der Waals surface area contributed by atoms with Gasteiger partial charge in [-0.15, -0.1) is 0 Å². The molecule has 2 aromatic carbocycles. The van der Waals surface area contributed by atoms with Gasteiger partial charge in [0.2, 0.25) is 0 Å². The molecule has 0 unspecified atom stereocenters. The van der Waals surface area contributed by atoms with Gasteiger partial charge in [-0.25, -0.2) is 8.78 Å². The van der Waals surface area contributed by atoms with E-state index in [4.69, 9.17) is 0 Å². The first-order valence-corrected chi connectivity index (χ1v) is 8.09. The Morgan fingerprint density at radius 1 is 0.957 bits per heavy atom. The second-order valence-corrected chi connectivity index (χ2v) is 6.27. The van der Waals surface area contributed by atoms with Crippen molar-refractivity contribution in [1.82, 2.24) is 4.90 Å². The summed E-state index contributed by atoms with van der Waals surface area (Å²) in [7, 11) is 0. The number of carbonyl (C=O) groups excluding carboxylic acids is 1. The topological polar surface area (TPSA) is 23.6 Å². The van der Waals surface area contributed by atoms with E-state index in [1.165, 1.54) is 18.2 Å². The van der Waals surface area contributed by atoms with Gasteiger partial charge in [-0.2, -0.15) is 0 Å². The average Bonchev–Trinajstić information content (AvgIpc) is 2.55. The molecule has 0 aliphatic carbocycles. The van der Waals surface area contributed by atoms with E-state index in [0.717, 1.165) is 0 Å². The molecule has 6 heteroatoms. The highest BCUT2D eigenvalue weighted by molar-refractivity contribution is 9.10. The molecule has 3 rings (SSSR count). The standard InChI is InChI=1S/C17H15BrF2N2O/c18-12-5-6-13(15(20)11-12)17(23)22-9-7-21(8-10-22)16-4-2-1-3-14(16)19/h1-6,11H,7-10H2. The smallest absolute Gasteiger partial charge is 0.256 e. The van der Waals surface area contributed by atoms with E-state index >= 15 is 0 Å². The SMILES string of the molecule is O=C(c1ccc(Br)cc1F)N1CCN(c2ccccc2F)CC1. The number of para-hydroxylation sites is 1. The minimum absolute atomic E-state index is 0.0625. The Kier molecular flexibility index (Phi) is 4.61. The third-order valence-electron chi connectivity index (χ3n) is 3.92. The van der Waals surface area contributed by atoms with Gasteiger partial charge in [0, 0.05) is 30.7 Å². The number of nitrogens with zero attached hydrogens (tertiary/aromatic N) is 2. The summed E-state index contributed by atoms with van der Waals surface area (Å²) in [6, 6.07) is 11.0. The van der Waals surface area contributed by atoms with E-state index in [9.17, 15) is 13.6 Å². The van der Waals surface area contributed by atoms with Crippen LogP contribution in [0.1, 0.15) is 10.4 Å². The summed E-state index contributed by atoms with van der Waals surface area (Å²) in [6.45, 7) is 1.90. The zero-order valence-corrected chi connectivity index (χ0v) is 13.9. The highest BCUT2D eigenvalue weighted by Crippen LogP contribution is 2.22. The van der Waals surface area contributed by atoms with Crippen LogP contribution in [0.2, 0.25) is 0 Å². The molecule has 1 fully saturated rings. The molecule has 3 nitrogen and oxygen atoms in total. The van der Waals surface area contributed by atoms with E-state index < -0.39 is 5.82 Å². The molecule has 0 aromatic heterocycles. The second-order valence-electron chi connectivity index (χ2n) is 5.35. The van der Waals surface area contributed by atoms with E-state index in [2.05, 4.69) is 15.9 Å². The summed E-state index contributed by atoms with van der Waals surface area (Å²) in [5, 5.41) is 0. The Morgan fingerprint density at radius 2 is 1.65 bits per heavy atom. The lowest BCUT2D eigenvalue weighted by molar-refractivity contribution is 0.0742. The molecule has 0 saturated carbocycles. The van der Waals surface area contributed by atoms with Crippen molar-refractivity contribution in [3.8, 4) is 0 Å². The zero-order chi connectivity index (χ0) is 16.4. The molecule has 2 aromatic rings. The van der Waals surface area contributed by atoms with Crippen molar-refractivity contribution in [2.24, 2.45) is 0 Å². The van der Waals surface area contributed by atoms with Crippen LogP contribution in [0, 0.1) is 11.6 Å². The van der Waals surface area contributed by atoms with Gasteiger partial charge in [0.15, 0.2) is 0 Å². The molecular formula is C17H15BrF2N2O. The fraction of sp³-hybridized carbons (Fsp3) is 0.235. The molecule has 0 N–H and O–H groups in total. The van der Waals surface area contributed by atoms with E-state index in [1.54, 1.807) is 29.2 Å². The summed E-state index contributed by atoms with van der Waals surface area (Å²) in [5.41, 5.74) is 0.599. The average molecular weight is 381 g/mol. The largest absolute Gasteiger partial charge is 0.366 e. The van der Waals surface area contributed by atoms with Crippen molar-refractivity contribution in [3.05, 3.63) is 64.1 Å². The molecule has 1 heterocycles. The van der Waals surface area contributed by atoms with Crippen LogP contribution in [0.15, 0.2) is 46.9 Å². The monoisotopic (exact) mass is 380 g/mol. The third kappa shape index (κ3) is 3.37. The normalized spacial score (nSPS) is 14.9. The van der Waals surface area contributed by atoms with Gasteiger partial charge >= 0.3 is 0 Å². The molecule has 0 atom stereocenters. The first-order chi connectivity index (χ1) is 11.1. The fourth-order valence-corrected chi connectivity index (χ4v) is 3.03. The van der Waals surface area contributed by atoms with Crippen LogP contribution < -0.4 is 4.90 Å². The van der Waals surface area contributed by atoms with Gasteiger partial charge in [-0.3, -0.25) is 4.79 Å². The summed E-state index contributed by atoms with van der Waals surface area (Å²) < 4.78 is 28.3. The summed E-state index contributed by atoms with van der Waals surface area (Å²) in [4.78, 5) is 15.9. The van der Waals surface area contributed by atoms with Crippen LogP contribution in [-0.2, 0) is 0 Å². The number of carbonyl (C=O) groups is 1. The van der Waals surface area contributed by atoms with E-state index in [1.807, 2.05) is 4.90 Å². The van der Waals surface area contributed by atoms with Crippen molar-refractivity contribution >= 4 is 27.5 Å². The zero-order valence-electron chi connectivity index (χ0n) is 12.3. The van der Waals surface area contributed by atoms with Gasteiger partial charge in [0.1, 0.15) is 11.6 Å². The van der Waals surface area contributed by atoms with Crippen molar-refractivity contribution in [2.75, 3.05) is 31.1 Å². The van der Waals surface area contributed by atoms with Crippen LogP contribution >= 0.6 is 15.9 Å². The van der Waals surface area contributed by atoms with Crippen molar-refractivity contribution in [3.63, 3.8) is 0 Å². The number of piperazine rings is 1. The Morgan fingerprint density at radius 3 is 2.30 bits per heavy atom. The van der Waals surface area contributed by atoms with Crippen molar-refractivity contribution < 1.29 is 13.6 Å². The summed E-state index contributed by atoms with van der Waals surface area (Å²) >= 11 is 3.17. The predicted octanol–water partition coefficient (Wildman–Crippen LogP) is 3.69. The number of benzene rings is 2. The number of hydrogen-bond acceptors (Lipinski definition) is 2. The van der Waals surface area contributed by atoms with E-state index in [0.29, 0.717) is 36.3 Å². The van der Waals surface area contributed by atoms with Crippen LogP contribution in [0.25, 0.3) is 0 Å². The van der Waals surface area contributed by atoms with Crippen LogP contribution in [0.4, 0.5) is 14.5 Å². The molecule has 0 bridgehead atoms. The second kappa shape index (κ2) is 6.66. The Balaban J connectivity index is 1.69. The maximum Gasteiger partial charge on any atom is 0.256 e. The number of anilines is 1. The summed E-state index contributed by atoms with van der Waals surface area (Å²) in [6.07, 6.45) is 0. The Hall–Kier alpha value is -1.95. The predicted molar refractivity (Wildman–Crippen MR) is 88.6 cm³/mol. The van der Waals surface area contributed by atoms with Crippen LogP contribution in [0.5, 0.6) is 0 Å². The van der Waals surface area contributed by atoms with Gasteiger partial charge in [-0.1, -0.05) is 28.1 Å². The first-order valence-electron chi connectivity index (χ1n) is 7.30. The maximum atomic E-state index is 13.9. The highest BCUT2D eigenvalue weighted by atomic mass is 79.9. The Labute approximate surface area is 141 Å². The molecule has 1 amide bonds. The van der Waals surface area contributed by atoms with Crippen LogP contribution in [-0.4, -0.2) is 37.0 Å². The van der Waals surface area contributed by atoms with Crippen molar-refractivity contribution in [1.29, 1.82) is 0 Å². The molecule has 120 valence electrons. The van der Waals surface area contributed by atoms with Gasteiger partial charge in [-0.05, 0) is 30.3 Å². The number of rotatable bonds is 2. The van der Waals surface area contributed by atoms with Crippen LogP contribution in [0.3, 0.4) is 0 Å². The van der Waals surface area contributed by atoms with Gasteiger partial charge < -0.3 is 9.80 Å². The minimum atomic E-state index is -0.541. The lowest BCUT2D eigenvalue weighted by atomic mass is 10.1. The summed E-state index contributed by atoms with van der Waals surface area (Å²) in [5.74, 6) is -1.14. The third-order valence-corrected chi connectivity index (χ3v) is 4.41. The number of hydrogen-bond donors (Lipinski definition) is 0. The fourth-order valence-electron chi connectivity index (χ4n) is 2.69. The van der Waals surface area contributed by atoms with Crippen molar-refractivity contribution in [2.45, 2.75) is 0 Å². The maximum absolute atomic E-state index is 13.9. The van der Waals surface area contributed by atoms with E-state index in [-0.39, 0.29) is 17.3 Å². The Bertz CT molecular complexity index is 730. The molecule has 1 aliphatic rings. The lowest BCUT2D eigenvalue weighted by Gasteiger charge is -2.36. The molecule has 1 saturated heterocycles. The molecular weight excluding hydrogens is 366 g/mol. The van der Waals surface area contributed by atoms with Gasteiger partial charge in [0.25, 0.3) is 5.91 Å². The highest BCUT2D eigenvalue weighted by Gasteiger charge is 2.25. The minimum Gasteiger partial charge on any atom is -0.366 e. The number of halogens is 3. The molecule has 23 heavy (non-hydrogen) atoms. The molecule has 1 aliphatic heterocycles. The lowest BCUT2D eigenvalue weighted by Crippen LogP contribution is -2.49. The molecule has 0 spiro atoms. The molecule has 0 radical (unpaired) electrons. The quantitative estimate of drug-likeness (QED) is 0.792.